The molecule has 1 fully saturated rings. The molecule has 1 unspecified atom stereocenters. The standard InChI is InChI=1S/C20H27N5O5/c1-3-30-19(26)17-16(13-24-10-4-9-23(2)11-12-24)21-20(27)22-18(17)14-5-7-15(8-6-14)25(28)29/h5-8,18H,3-4,9-13H2,1-2H3,(H2,21,22,27). The lowest BCUT2D eigenvalue weighted by molar-refractivity contribution is -0.384. The molecule has 0 spiro atoms. The Morgan fingerprint density at radius 3 is 2.63 bits per heavy atom. The molecule has 2 aliphatic heterocycles. The van der Waals surface area contributed by atoms with Gasteiger partial charge in [-0.05, 0) is 51.2 Å². The monoisotopic (exact) mass is 417 g/mol. The first-order valence-electron chi connectivity index (χ1n) is 10.0. The van der Waals surface area contributed by atoms with Crippen LogP contribution in [0, 0.1) is 10.1 Å². The number of urea groups is 1. The molecular formula is C20H27N5O5. The van der Waals surface area contributed by atoms with Gasteiger partial charge in [-0.15, -0.1) is 0 Å². The lowest BCUT2D eigenvalue weighted by Gasteiger charge is -2.31. The maximum Gasteiger partial charge on any atom is 0.338 e. The van der Waals surface area contributed by atoms with E-state index < -0.39 is 23.0 Å². The highest BCUT2D eigenvalue weighted by molar-refractivity contribution is 5.95. The molecule has 1 atom stereocenters. The quantitative estimate of drug-likeness (QED) is 0.408. The van der Waals surface area contributed by atoms with E-state index in [-0.39, 0.29) is 12.3 Å². The summed E-state index contributed by atoms with van der Waals surface area (Å²) in [5, 5.41) is 16.5. The van der Waals surface area contributed by atoms with E-state index >= 15 is 0 Å². The molecule has 162 valence electrons. The van der Waals surface area contributed by atoms with Crippen LogP contribution < -0.4 is 10.6 Å². The van der Waals surface area contributed by atoms with Gasteiger partial charge >= 0.3 is 12.0 Å². The minimum absolute atomic E-state index is 0.0606. The Balaban J connectivity index is 1.95. The minimum atomic E-state index is -0.747. The first kappa shape index (κ1) is 21.7. The summed E-state index contributed by atoms with van der Waals surface area (Å²) in [6, 6.07) is 4.64. The fraction of sp³-hybridized carbons (Fsp3) is 0.500. The van der Waals surface area contributed by atoms with E-state index in [4.69, 9.17) is 4.74 Å². The molecule has 1 aromatic rings. The van der Waals surface area contributed by atoms with E-state index in [0.29, 0.717) is 23.4 Å². The van der Waals surface area contributed by atoms with Crippen molar-refractivity contribution in [3.8, 4) is 0 Å². The number of nitrogens with one attached hydrogen (secondary N) is 2. The minimum Gasteiger partial charge on any atom is -0.463 e. The van der Waals surface area contributed by atoms with Gasteiger partial charge in [0, 0.05) is 37.5 Å². The third-order valence-electron chi connectivity index (χ3n) is 5.28. The number of rotatable bonds is 6. The Bertz CT molecular complexity index is 838. The van der Waals surface area contributed by atoms with Gasteiger partial charge in [0.05, 0.1) is 23.1 Å². The van der Waals surface area contributed by atoms with Crippen LogP contribution >= 0.6 is 0 Å². The molecule has 0 radical (unpaired) electrons. The van der Waals surface area contributed by atoms with Crippen molar-refractivity contribution in [3.63, 3.8) is 0 Å². The van der Waals surface area contributed by atoms with Crippen LogP contribution in [0.1, 0.15) is 24.9 Å². The van der Waals surface area contributed by atoms with Crippen LogP contribution in [-0.4, -0.2) is 73.1 Å². The first-order chi connectivity index (χ1) is 14.4. The van der Waals surface area contributed by atoms with Gasteiger partial charge in [-0.3, -0.25) is 15.0 Å². The number of hydrogen-bond donors (Lipinski definition) is 2. The molecular weight excluding hydrogens is 390 g/mol. The van der Waals surface area contributed by atoms with E-state index in [9.17, 15) is 19.7 Å². The summed E-state index contributed by atoms with van der Waals surface area (Å²) in [6.07, 6.45) is 0.997. The van der Waals surface area contributed by atoms with E-state index in [1.165, 1.54) is 12.1 Å². The number of non-ortho nitro benzene ring substituents is 1. The van der Waals surface area contributed by atoms with Crippen molar-refractivity contribution in [1.29, 1.82) is 0 Å². The highest BCUT2D eigenvalue weighted by Crippen LogP contribution is 2.29. The van der Waals surface area contributed by atoms with Crippen LogP contribution in [0.15, 0.2) is 35.5 Å². The molecule has 2 N–H and O–H groups in total. The number of nitro groups is 1. The van der Waals surface area contributed by atoms with Gasteiger partial charge in [0.25, 0.3) is 5.69 Å². The lowest BCUT2D eigenvalue weighted by atomic mass is 9.94. The molecule has 0 aromatic heterocycles. The van der Waals surface area contributed by atoms with Crippen molar-refractivity contribution in [3.05, 3.63) is 51.2 Å². The highest BCUT2D eigenvalue weighted by atomic mass is 16.6. The van der Waals surface area contributed by atoms with E-state index in [0.717, 1.165) is 32.6 Å². The summed E-state index contributed by atoms with van der Waals surface area (Å²) in [4.78, 5) is 40.1. The van der Waals surface area contributed by atoms with E-state index in [1.54, 1.807) is 19.1 Å². The lowest BCUT2D eigenvalue weighted by Crippen LogP contribution is -2.48. The van der Waals surface area contributed by atoms with Crippen molar-refractivity contribution in [2.45, 2.75) is 19.4 Å². The molecule has 3 rings (SSSR count). The highest BCUT2D eigenvalue weighted by Gasteiger charge is 2.34. The van der Waals surface area contributed by atoms with Crippen molar-refractivity contribution in [2.24, 2.45) is 0 Å². The summed E-state index contributed by atoms with van der Waals surface area (Å²) >= 11 is 0. The van der Waals surface area contributed by atoms with Crippen LogP contribution in [0.5, 0.6) is 0 Å². The molecule has 0 saturated carbocycles. The van der Waals surface area contributed by atoms with Gasteiger partial charge in [0.1, 0.15) is 0 Å². The number of carbonyl (C=O) groups is 2. The Morgan fingerprint density at radius 2 is 1.97 bits per heavy atom. The number of benzene rings is 1. The Labute approximate surface area is 175 Å². The van der Waals surface area contributed by atoms with Gasteiger partial charge < -0.3 is 20.3 Å². The summed E-state index contributed by atoms with van der Waals surface area (Å²) in [7, 11) is 2.07. The van der Waals surface area contributed by atoms with E-state index in [1.807, 2.05) is 0 Å². The van der Waals surface area contributed by atoms with Crippen molar-refractivity contribution in [2.75, 3.05) is 46.4 Å². The molecule has 0 bridgehead atoms. The molecule has 2 aliphatic rings. The zero-order valence-electron chi connectivity index (χ0n) is 17.2. The fourth-order valence-corrected chi connectivity index (χ4v) is 3.71. The molecule has 2 heterocycles. The second kappa shape index (κ2) is 9.68. The maximum absolute atomic E-state index is 12.8. The zero-order chi connectivity index (χ0) is 21.7. The van der Waals surface area contributed by atoms with Crippen molar-refractivity contribution < 1.29 is 19.2 Å². The average molecular weight is 417 g/mol. The number of nitro benzene ring substituents is 1. The topological polar surface area (TPSA) is 117 Å². The third-order valence-corrected chi connectivity index (χ3v) is 5.28. The van der Waals surface area contributed by atoms with Crippen LogP contribution in [0.4, 0.5) is 10.5 Å². The van der Waals surface area contributed by atoms with Gasteiger partial charge in [-0.1, -0.05) is 0 Å². The smallest absolute Gasteiger partial charge is 0.338 e. The number of ether oxygens (including phenoxy) is 1. The zero-order valence-corrected chi connectivity index (χ0v) is 17.2. The fourth-order valence-electron chi connectivity index (χ4n) is 3.71. The SMILES string of the molecule is CCOC(=O)C1=C(CN2CCCN(C)CC2)NC(=O)NC1c1ccc([N+](=O)[O-])cc1. The van der Waals surface area contributed by atoms with Crippen LogP contribution in [-0.2, 0) is 9.53 Å². The van der Waals surface area contributed by atoms with Crippen molar-refractivity contribution >= 4 is 17.7 Å². The normalized spacial score (nSPS) is 20.9. The van der Waals surface area contributed by atoms with E-state index in [2.05, 4.69) is 27.5 Å². The molecule has 0 aliphatic carbocycles. The molecule has 1 saturated heterocycles. The first-order valence-corrected chi connectivity index (χ1v) is 10.0. The molecule has 10 heteroatoms. The van der Waals surface area contributed by atoms with Crippen LogP contribution in [0.3, 0.4) is 0 Å². The summed E-state index contributed by atoms with van der Waals surface area (Å²) in [6.45, 7) is 5.92. The average Bonchev–Trinajstić information content (AvgIpc) is 2.92. The Morgan fingerprint density at radius 1 is 1.23 bits per heavy atom. The molecule has 10 nitrogen and oxygen atoms in total. The van der Waals surface area contributed by atoms with Crippen LogP contribution in [0.25, 0.3) is 0 Å². The summed E-state index contributed by atoms with van der Waals surface area (Å²) in [5.74, 6) is -0.518. The Hall–Kier alpha value is -2.98. The molecule has 30 heavy (non-hydrogen) atoms. The van der Waals surface area contributed by atoms with Crippen molar-refractivity contribution in [1.82, 2.24) is 20.4 Å². The van der Waals surface area contributed by atoms with Gasteiger partial charge in [0.2, 0.25) is 0 Å². The second-order valence-electron chi connectivity index (χ2n) is 7.43. The molecule has 2 amide bonds. The Kier molecular flexibility index (Phi) is 7.01. The number of esters is 1. The third kappa shape index (κ3) is 5.14. The number of hydrogen-bond acceptors (Lipinski definition) is 7. The van der Waals surface area contributed by atoms with Gasteiger partial charge in [-0.25, -0.2) is 9.59 Å². The maximum atomic E-state index is 12.8. The number of nitrogens with zero attached hydrogens (tertiary/aromatic N) is 3. The van der Waals surface area contributed by atoms with Crippen LogP contribution in [0.2, 0.25) is 0 Å². The summed E-state index contributed by atoms with van der Waals surface area (Å²) < 4.78 is 5.27. The number of carbonyl (C=O) groups excluding carboxylic acids is 2. The second-order valence-corrected chi connectivity index (χ2v) is 7.43. The summed E-state index contributed by atoms with van der Waals surface area (Å²) in [5.41, 5.74) is 1.34. The van der Waals surface area contributed by atoms with Gasteiger partial charge in [0.15, 0.2) is 0 Å². The number of likely N-dealkylation sites (N-methyl/N-ethyl adjacent to an activating group) is 1. The predicted molar refractivity (Wildman–Crippen MR) is 110 cm³/mol. The number of amides is 2. The van der Waals surface area contributed by atoms with Gasteiger partial charge in [-0.2, -0.15) is 0 Å². The molecule has 1 aromatic carbocycles. The largest absolute Gasteiger partial charge is 0.463 e. The predicted octanol–water partition coefficient (Wildman–Crippen LogP) is 1.40.